The van der Waals surface area contributed by atoms with Gasteiger partial charge in [-0.1, -0.05) is 0 Å². The number of carboxylic acid groups (broad SMARTS) is 1. The van der Waals surface area contributed by atoms with Gasteiger partial charge in [-0.05, 0) is 0 Å². The largest absolute Gasteiger partial charge is 1.00 e. The maximum atomic E-state index is 9.24. The Labute approximate surface area is 70.1 Å². The van der Waals surface area contributed by atoms with E-state index in [1.165, 1.54) is 0 Å². The van der Waals surface area contributed by atoms with E-state index in [1.807, 2.05) is 0 Å². The first-order valence-electron chi connectivity index (χ1n) is 1.05. The fourth-order valence-corrected chi connectivity index (χ4v) is 0. The van der Waals surface area contributed by atoms with Gasteiger partial charge in [-0.15, -0.1) is 11.6 Å². The van der Waals surface area contributed by atoms with Crippen molar-refractivity contribution in [1.29, 1.82) is 0 Å². The molecule has 1 N–H and O–H groups in total. The van der Waals surface area contributed by atoms with Crippen LogP contribution in [0.3, 0.4) is 0 Å². The van der Waals surface area contributed by atoms with Gasteiger partial charge in [0.1, 0.15) is 5.88 Å². The summed E-state index contributed by atoms with van der Waals surface area (Å²) >= 11 is 4.74. The average molecular weight is 133 g/mol. The molecular formula is C3H6ClNaO2. The molecule has 0 saturated heterocycles. The van der Waals surface area contributed by atoms with Crippen LogP contribution in [0.1, 0.15) is 0 Å². The van der Waals surface area contributed by atoms with Crippen LogP contribution >= 0.6 is 11.6 Å². The van der Waals surface area contributed by atoms with Crippen molar-refractivity contribution in [2.75, 3.05) is 5.88 Å². The second kappa shape index (κ2) is 9.90. The Morgan fingerprint density at radius 3 is 1.86 bits per heavy atom. The average Bonchev–Trinajstić information content (AvgIpc) is 1.38. The molecule has 4 heteroatoms. The monoisotopic (exact) mass is 132 g/mol. The minimum atomic E-state index is -0.980. The normalized spacial score (nSPS) is 5.29. The Kier molecular flexibility index (Phi) is 22.1. The van der Waals surface area contributed by atoms with Gasteiger partial charge in [0.15, 0.2) is 0 Å². The van der Waals surface area contributed by atoms with E-state index in [9.17, 15) is 4.79 Å². The number of aliphatic carboxylic acids is 1. The molecule has 0 bridgehead atoms. The van der Waals surface area contributed by atoms with E-state index >= 15 is 0 Å². The smallest absolute Gasteiger partial charge is 0.480 e. The van der Waals surface area contributed by atoms with Crippen LogP contribution in [0.15, 0.2) is 0 Å². The number of carbonyl (C=O) groups is 1. The quantitative estimate of drug-likeness (QED) is 0.249. The molecule has 0 fully saturated rings. The van der Waals surface area contributed by atoms with E-state index in [2.05, 4.69) is 0 Å². The van der Waals surface area contributed by atoms with E-state index in [0.717, 1.165) is 0 Å². The summed E-state index contributed by atoms with van der Waals surface area (Å²) in [6.07, 6.45) is 0. The first-order valence-corrected chi connectivity index (χ1v) is 1.58. The van der Waals surface area contributed by atoms with Crippen molar-refractivity contribution < 1.29 is 39.5 Å². The molecule has 0 heterocycles. The zero-order valence-electron chi connectivity index (χ0n) is 4.44. The first-order chi connectivity index (χ1) is 2.27. The molecule has 0 spiro atoms. The van der Waals surface area contributed by atoms with E-state index in [0.29, 0.717) is 0 Å². The fourth-order valence-electron chi connectivity index (χ4n) is 0. The van der Waals surface area contributed by atoms with Crippen molar-refractivity contribution in [3.05, 3.63) is 7.43 Å². The molecular weight excluding hydrogens is 126 g/mol. The van der Waals surface area contributed by atoms with Crippen LogP contribution in [0.4, 0.5) is 0 Å². The third-order valence-electron chi connectivity index (χ3n) is 0.114. The molecule has 0 unspecified atom stereocenters. The van der Waals surface area contributed by atoms with Crippen molar-refractivity contribution >= 4 is 17.6 Å². The summed E-state index contributed by atoms with van der Waals surface area (Å²) in [6.45, 7) is 0. The van der Waals surface area contributed by atoms with Crippen LogP contribution in [0.25, 0.3) is 0 Å². The molecule has 0 aliphatic rings. The van der Waals surface area contributed by atoms with Gasteiger partial charge in [-0.2, -0.15) is 0 Å². The summed E-state index contributed by atoms with van der Waals surface area (Å²) in [6, 6.07) is 0. The zero-order valence-corrected chi connectivity index (χ0v) is 7.20. The number of alkyl halides is 1. The number of carboxylic acids is 1. The van der Waals surface area contributed by atoms with Crippen LogP contribution < -0.4 is 29.6 Å². The molecule has 0 saturated carbocycles. The summed E-state index contributed by atoms with van der Waals surface area (Å²) in [7, 11) is 0. The molecule has 0 atom stereocenters. The van der Waals surface area contributed by atoms with Crippen LogP contribution in [0, 0.1) is 7.43 Å². The van der Waals surface area contributed by atoms with E-state index in [-0.39, 0.29) is 42.9 Å². The van der Waals surface area contributed by atoms with Crippen LogP contribution in [0.5, 0.6) is 0 Å². The molecule has 7 heavy (non-hydrogen) atoms. The van der Waals surface area contributed by atoms with Crippen LogP contribution in [0.2, 0.25) is 0 Å². The number of hydrogen-bond donors (Lipinski definition) is 1. The zero-order chi connectivity index (χ0) is 4.28. The van der Waals surface area contributed by atoms with Crippen molar-refractivity contribution in [2.24, 2.45) is 0 Å². The van der Waals surface area contributed by atoms with E-state index < -0.39 is 5.97 Å². The molecule has 0 amide bonds. The molecule has 0 rings (SSSR count). The molecule has 0 radical (unpaired) electrons. The van der Waals surface area contributed by atoms with Crippen molar-refractivity contribution in [3.63, 3.8) is 0 Å². The second-order valence-electron chi connectivity index (χ2n) is 0.527. The topological polar surface area (TPSA) is 37.3 Å². The summed E-state index contributed by atoms with van der Waals surface area (Å²) in [5.74, 6) is -1.29. The van der Waals surface area contributed by atoms with Crippen molar-refractivity contribution in [1.82, 2.24) is 0 Å². The van der Waals surface area contributed by atoms with Crippen molar-refractivity contribution in [2.45, 2.75) is 0 Å². The molecule has 0 aliphatic heterocycles. The molecule has 0 aromatic heterocycles. The Bertz CT molecular complexity index is 48.2. The Morgan fingerprint density at radius 2 is 1.86 bits per heavy atom. The van der Waals surface area contributed by atoms with Gasteiger partial charge in [-0.3, -0.25) is 4.79 Å². The van der Waals surface area contributed by atoms with E-state index in [1.54, 1.807) is 0 Å². The number of rotatable bonds is 1. The third kappa shape index (κ3) is 20.1. The van der Waals surface area contributed by atoms with Gasteiger partial charge in [-0.25, -0.2) is 0 Å². The Morgan fingerprint density at radius 1 is 1.71 bits per heavy atom. The van der Waals surface area contributed by atoms with Gasteiger partial charge in [0.05, 0.1) is 0 Å². The maximum absolute atomic E-state index is 9.24. The molecule has 0 aromatic rings. The summed E-state index contributed by atoms with van der Waals surface area (Å²) in [5.41, 5.74) is 0. The van der Waals surface area contributed by atoms with Gasteiger partial charge in [0.25, 0.3) is 0 Å². The standard InChI is InChI=1S/C2H3ClO2.CH3.Na/c3-1-2(4)5;;/h1H2,(H,4,5);1H3;/q;-1;+1. The third-order valence-corrected chi connectivity index (χ3v) is 0.343. The maximum Gasteiger partial charge on any atom is 1.00 e. The van der Waals surface area contributed by atoms with Crippen LogP contribution in [-0.2, 0) is 4.79 Å². The molecule has 0 aliphatic carbocycles. The van der Waals surface area contributed by atoms with Gasteiger partial charge < -0.3 is 12.5 Å². The number of halogens is 1. The van der Waals surface area contributed by atoms with Gasteiger partial charge in [0, 0.05) is 0 Å². The van der Waals surface area contributed by atoms with Gasteiger partial charge >= 0.3 is 35.5 Å². The van der Waals surface area contributed by atoms with E-state index in [4.69, 9.17) is 16.7 Å². The predicted octanol–water partition coefficient (Wildman–Crippen LogP) is -2.24. The molecule has 2 nitrogen and oxygen atoms in total. The fraction of sp³-hybridized carbons (Fsp3) is 0.333. The first kappa shape index (κ1) is 15.7. The predicted molar refractivity (Wildman–Crippen MR) is 24.8 cm³/mol. The second-order valence-corrected chi connectivity index (χ2v) is 0.795. The summed E-state index contributed by atoms with van der Waals surface area (Å²) < 4.78 is 0. The summed E-state index contributed by atoms with van der Waals surface area (Å²) in [4.78, 5) is 9.24. The van der Waals surface area contributed by atoms with Gasteiger partial charge in [0.2, 0.25) is 0 Å². The summed E-state index contributed by atoms with van der Waals surface area (Å²) in [5, 5.41) is 7.59. The Hall–Kier alpha value is 0.760. The number of hydrogen-bond acceptors (Lipinski definition) is 1. The Balaban J connectivity index is -0.0000000800. The van der Waals surface area contributed by atoms with Crippen LogP contribution in [-0.4, -0.2) is 17.0 Å². The molecule has 0 aromatic carbocycles. The minimum Gasteiger partial charge on any atom is -0.480 e. The van der Waals surface area contributed by atoms with Crippen molar-refractivity contribution in [3.8, 4) is 0 Å². The molecule has 38 valence electrons. The SMILES string of the molecule is O=C(O)CCl.[CH3-].[Na+]. The minimum absolute atomic E-state index is 0.